The second-order valence-corrected chi connectivity index (χ2v) is 6.60. The van der Waals surface area contributed by atoms with Crippen LogP contribution >= 0.6 is 11.6 Å². The van der Waals surface area contributed by atoms with E-state index in [-0.39, 0.29) is 15.5 Å². The van der Waals surface area contributed by atoms with E-state index in [2.05, 4.69) is 4.72 Å². The lowest BCUT2D eigenvalue weighted by molar-refractivity contribution is 0.567. The van der Waals surface area contributed by atoms with Gasteiger partial charge in [0.15, 0.2) is 0 Å². The first-order valence-corrected chi connectivity index (χ1v) is 8.07. The molecule has 0 aliphatic heterocycles. The van der Waals surface area contributed by atoms with Gasteiger partial charge in [-0.2, -0.15) is 5.26 Å². The van der Waals surface area contributed by atoms with Crippen LogP contribution in [0, 0.1) is 11.3 Å². The second kappa shape index (κ2) is 6.27. The molecule has 1 N–H and O–H groups in total. The summed E-state index contributed by atoms with van der Waals surface area (Å²) in [7, 11) is -3.80. The highest BCUT2D eigenvalue weighted by Gasteiger charge is 2.21. The van der Waals surface area contributed by atoms with E-state index < -0.39 is 16.1 Å². The normalized spacial score (nSPS) is 12.6. The van der Waals surface area contributed by atoms with Crippen molar-refractivity contribution in [2.24, 2.45) is 0 Å². The Bertz CT molecular complexity index is 783. The van der Waals surface area contributed by atoms with Gasteiger partial charge in [0.05, 0.1) is 16.7 Å². The van der Waals surface area contributed by atoms with Gasteiger partial charge < -0.3 is 0 Å². The minimum absolute atomic E-state index is 0.0850. The number of nitrogens with one attached hydrogen (secondary N) is 1. The van der Waals surface area contributed by atoms with E-state index in [0.717, 1.165) is 5.56 Å². The number of benzene rings is 2. The zero-order valence-electron chi connectivity index (χ0n) is 11.2. The van der Waals surface area contributed by atoms with Gasteiger partial charge in [0.1, 0.15) is 4.90 Å². The summed E-state index contributed by atoms with van der Waals surface area (Å²) in [5.74, 6) is 0. The Hall–Kier alpha value is -1.87. The summed E-state index contributed by atoms with van der Waals surface area (Å²) in [6.07, 6.45) is 0. The first kappa shape index (κ1) is 15.5. The lowest BCUT2D eigenvalue weighted by Crippen LogP contribution is -2.27. The van der Waals surface area contributed by atoms with Gasteiger partial charge in [-0.15, -0.1) is 0 Å². The maximum atomic E-state index is 12.4. The molecule has 0 saturated heterocycles. The van der Waals surface area contributed by atoms with Gasteiger partial charge >= 0.3 is 0 Å². The van der Waals surface area contributed by atoms with Crippen LogP contribution in [-0.4, -0.2) is 8.42 Å². The van der Waals surface area contributed by atoms with Crippen LogP contribution in [0.1, 0.15) is 24.1 Å². The third kappa shape index (κ3) is 3.61. The van der Waals surface area contributed by atoms with Crippen LogP contribution in [0.25, 0.3) is 0 Å². The van der Waals surface area contributed by atoms with Gasteiger partial charge in [-0.05, 0) is 30.7 Å². The zero-order valence-corrected chi connectivity index (χ0v) is 12.8. The summed E-state index contributed by atoms with van der Waals surface area (Å²) < 4.78 is 27.4. The molecule has 6 heteroatoms. The Balaban J connectivity index is 2.33. The molecule has 1 atom stereocenters. The molecule has 2 aromatic carbocycles. The molecule has 4 nitrogen and oxygen atoms in total. The average molecular weight is 321 g/mol. The van der Waals surface area contributed by atoms with E-state index in [1.165, 1.54) is 18.2 Å². The molecule has 0 aliphatic carbocycles. The molecule has 21 heavy (non-hydrogen) atoms. The molecule has 0 unspecified atom stereocenters. The first-order valence-electron chi connectivity index (χ1n) is 6.21. The molecular formula is C15H13ClN2O2S. The highest BCUT2D eigenvalue weighted by Crippen LogP contribution is 2.24. The average Bonchev–Trinajstić information content (AvgIpc) is 2.48. The molecule has 2 rings (SSSR count). The standard InChI is InChI=1S/C15H13ClN2O2S/c1-11(13-5-3-2-4-6-13)18-21(19,20)15-9-12(10-17)7-8-14(15)16/h2-9,11,18H,1H3/t11-/m1/s1. The predicted octanol–water partition coefficient (Wildman–Crippen LogP) is 3.25. The summed E-state index contributed by atoms with van der Waals surface area (Å²) in [6, 6.07) is 14.8. The smallest absolute Gasteiger partial charge is 0.207 e. The Morgan fingerprint density at radius 2 is 1.86 bits per heavy atom. The zero-order chi connectivity index (χ0) is 15.5. The topological polar surface area (TPSA) is 70.0 Å². The molecule has 0 spiro atoms. The van der Waals surface area contributed by atoms with Gasteiger partial charge in [-0.3, -0.25) is 0 Å². The summed E-state index contributed by atoms with van der Waals surface area (Å²) in [6.45, 7) is 1.74. The number of hydrogen-bond acceptors (Lipinski definition) is 3. The number of nitrogens with zero attached hydrogens (tertiary/aromatic N) is 1. The van der Waals surface area contributed by atoms with Crippen LogP contribution in [0.3, 0.4) is 0 Å². The first-order chi connectivity index (χ1) is 9.94. The fraction of sp³-hybridized carbons (Fsp3) is 0.133. The van der Waals surface area contributed by atoms with Crippen molar-refractivity contribution < 1.29 is 8.42 Å². The maximum Gasteiger partial charge on any atom is 0.242 e. The molecule has 108 valence electrons. The quantitative estimate of drug-likeness (QED) is 0.940. The Morgan fingerprint density at radius 1 is 1.19 bits per heavy atom. The Morgan fingerprint density at radius 3 is 2.48 bits per heavy atom. The summed E-state index contributed by atoms with van der Waals surface area (Å²) in [5.41, 5.74) is 1.08. The third-order valence-electron chi connectivity index (χ3n) is 2.98. The molecule has 0 aliphatic rings. The van der Waals surface area contributed by atoms with E-state index in [1.807, 2.05) is 36.4 Å². The number of nitriles is 1. The minimum atomic E-state index is -3.80. The highest BCUT2D eigenvalue weighted by atomic mass is 35.5. The van der Waals surface area contributed by atoms with Crippen molar-refractivity contribution in [3.05, 3.63) is 64.7 Å². The fourth-order valence-electron chi connectivity index (χ4n) is 1.88. The maximum absolute atomic E-state index is 12.4. The van der Waals surface area contributed by atoms with Crippen molar-refractivity contribution in [3.8, 4) is 6.07 Å². The van der Waals surface area contributed by atoms with Gasteiger partial charge in [0.25, 0.3) is 0 Å². The molecule has 0 amide bonds. The van der Waals surface area contributed by atoms with Crippen LogP contribution in [0.15, 0.2) is 53.4 Å². The van der Waals surface area contributed by atoms with Crippen LogP contribution in [0.5, 0.6) is 0 Å². The predicted molar refractivity (Wildman–Crippen MR) is 81.3 cm³/mol. The largest absolute Gasteiger partial charge is 0.242 e. The van der Waals surface area contributed by atoms with Gasteiger partial charge in [0.2, 0.25) is 10.0 Å². The highest BCUT2D eigenvalue weighted by molar-refractivity contribution is 7.89. The molecule has 0 bridgehead atoms. The van der Waals surface area contributed by atoms with E-state index in [0.29, 0.717) is 0 Å². The van der Waals surface area contributed by atoms with Gasteiger partial charge in [-0.1, -0.05) is 41.9 Å². The van der Waals surface area contributed by atoms with E-state index in [4.69, 9.17) is 16.9 Å². The van der Waals surface area contributed by atoms with Gasteiger partial charge in [0, 0.05) is 6.04 Å². The molecule has 2 aromatic rings. The number of halogens is 1. The summed E-state index contributed by atoms with van der Waals surface area (Å²) in [5, 5.41) is 8.96. The SMILES string of the molecule is C[C@@H](NS(=O)(=O)c1cc(C#N)ccc1Cl)c1ccccc1. The van der Waals surface area contributed by atoms with Crippen LogP contribution in [0.4, 0.5) is 0 Å². The molecule has 0 fully saturated rings. The van der Waals surface area contributed by atoms with Gasteiger partial charge in [-0.25, -0.2) is 13.1 Å². The Labute approximate surface area is 129 Å². The van der Waals surface area contributed by atoms with Crippen LogP contribution < -0.4 is 4.72 Å². The molecule has 0 saturated carbocycles. The van der Waals surface area contributed by atoms with Crippen molar-refractivity contribution in [1.29, 1.82) is 5.26 Å². The van der Waals surface area contributed by atoms with Crippen molar-refractivity contribution in [2.75, 3.05) is 0 Å². The van der Waals surface area contributed by atoms with Crippen molar-refractivity contribution >= 4 is 21.6 Å². The van der Waals surface area contributed by atoms with Crippen LogP contribution in [0.2, 0.25) is 5.02 Å². The van der Waals surface area contributed by atoms with Crippen molar-refractivity contribution in [1.82, 2.24) is 4.72 Å². The molecule has 0 heterocycles. The number of hydrogen-bond donors (Lipinski definition) is 1. The number of sulfonamides is 1. The lowest BCUT2D eigenvalue weighted by Gasteiger charge is -2.15. The van der Waals surface area contributed by atoms with Crippen molar-refractivity contribution in [2.45, 2.75) is 17.9 Å². The number of rotatable bonds is 4. The second-order valence-electron chi connectivity index (χ2n) is 4.51. The van der Waals surface area contributed by atoms with E-state index >= 15 is 0 Å². The van der Waals surface area contributed by atoms with Crippen LogP contribution in [-0.2, 0) is 10.0 Å². The lowest BCUT2D eigenvalue weighted by atomic mass is 10.1. The van der Waals surface area contributed by atoms with E-state index in [9.17, 15) is 8.42 Å². The molecule has 0 radical (unpaired) electrons. The summed E-state index contributed by atoms with van der Waals surface area (Å²) in [4.78, 5) is -0.0917. The molecular weight excluding hydrogens is 308 g/mol. The minimum Gasteiger partial charge on any atom is -0.207 e. The van der Waals surface area contributed by atoms with Crippen molar-refractivity contribution in [3.63, 3.8) is 0 Å². The summed E-state index contributed by atoms with van der Waals surface area (Å²) >= 11 is 5.94. The monoisotopic (exact) mass is 320 g/mol. The Kier molecular flexibility index (Phi) is 4.63. The fourth-order valence-corrected chi connectivity index (χ4v) is 3.64. The van der Waals surface area contributed by atoms with E-state index in [1.54, 1.807) is 6.92 Å². The third-order valence-corrected chi connectivity index (χ3v) is 5.00. The molecule has 0 aromatic heterocycles.